The van der Waals surface area contributed by atoms with E-state index in [-0.39, 0.29) is 19.1 Å². The Morgan fingerprint density at radius 3 is 2.52 bits per heavy atom. The predicted molar refractivity (Wildman–Crippen MR) is 105 cm³/mol. The molecule has 3 aromatic rings. The molecule has 140 valence electrons. The van der Waals surface area contributed by atoms with Gasteiger partial charge in [0.1, 0.15) is 12.4 Å². The van der Waals surface area contributed by atoms with Gasteiger partial charge in [0.2, 0.25) is 0 Å². The number of para-hydroxylation sites is 2. The zero-order valence-electron chi connectivity index (χ0n) is 15.8. The Kier molecular flexibility index (Phi) is 5.54. The normalized spacial score (nSPS) is 10.8. The summed E-state index contributed by atoms with van der Waals surface area (Å²) in [5, 5.41) is 2.75. The molecule has 1 heterocycles. The van der Waals surface area contributed by atoms with E-state index >= 15 is 0 Å². The quantitative estimate of drug-likeness (QED) is 0.680. The van der Waals surface area contributed by atoms with E-state index in [1.165, 1.54) is 0 Å². The summed E-state index contributed by atoms with van der Waals surface area (Å²) in [4.78, 5) is 28.8. The van der Waals surface area contributed by atoms with Gasteiger partial charge in [-0.3, -0.25) is 9.59 Å². The number of carbonyl (C=O) groups is 2. The highest BCUT2D eigenvalue weighted by molar-refractivity contribution is 5.93. The van der Waals surface area contributed by atoms with E-state index in [4.69, 9.17) is 4.74 Å². The van der Waals surface area contributed by atoms with Crippen LogP contribution in [0, 0.1) is 13.8 Å². The van der Waals surface area contributed by atoms with E-state index in [2.05, 4.69) is 10.3 Å². The lowest BCUT2D eigenvalue weighted by Gasteiger charge is -2.10. The number of benzene rings is 2. The van der Waals surface area contributed by atoms with Gasteiger partial charge in [0.25, 0.3) is 5.91 Å². The standard InChI is InChI=1S/C21H23N3O3/c1-4-19-23-17-7-5-6-8-18(17)24(19)12-21(26)27-13-20(25)22-16-10-14(2)9-15(3)11-16/h5-11H,4,12-13H2,1-3H3,(H,22,25). The van der Waals surface area contributed by atoms with Crippen molar-refractivity contribution >= 4 is 28.6 Å². The number of carbonyl (C=O) groups excluding carboxylic acids is 2. The Morgan fingerprint density at radius 1 is 1.11 bits per heavy atom. The first kappa shape index (κ1) is 18.6. The number of imidazole rings is 1. The molecule has 1 amide bonds. The van der Waals surface area contributed by atoms with Crippen LogP contribution in [0.4, 0.5) is 5.69 Å². The lowest BCUT2D eigenvalue weighted by Crippen LogP contribution is -2.23. The fraction of sp³-hybridized carbons (Fsp3) is 0.286. The number of ether oxygens (including phenoxy) is 1. The second-order valence-electron chi connectivity index (χ2n) is 6.54. The van der Waals surface area contributed by atoms with Gasteiger partial charge in [-0.15, -0.1) is 0 Å². The number of rotatable bonds is 6. The van der Waals surface area contributed by atoms with Gasteiger partial charge in [-0.05, 0) is 49.2 Å². The van der Waals surface area contributed by atoms with E-state index in [9.17, 15) is 9.59 Å². The average Bonchev–Trinajstić information content (AvgIpc) is 2.97. The largest absolute Gasteiger partial charge is 0.454 e. The van der Waals surface area contributed by atoms with E-state index in [1.807, 2.05) is 67.8 Å². The minimum Gasteiger partial charge on any atom is -0.454 e. The third-order valence-corrected chi connectivity index (χ3v) is 4.21. The van der Waals surface area contributed by atoms with Crippen LogP contribution in [0.2, 0.25) is 0 Å². The molecular formula is C21H23N3O3. The second kappa shape index (κ2) is 8.03. The summed E-state index contributed by atoms with van der Waals surface area (Å²) in [7, 11) is 0. The first-order chi connectivity index (χ1) is 13.0. The maximum Gasteiger partial charge on any atom is 0.326 e. The molecule has 0 spiro atoms. The van der Waals surface area contributed by atoms with Crippen LogP contribution in [-0.2, 0) is 27.3 Å². The first-order valence-corrected chi connectivity index (χ1v) is 8.94. The van der Waals surface area contributed by atoms with Crippen LogP contribution < -0.4 is 5.32 Å². The summed E-state index contributed by atoms with van der Waals surface area (Å²) in [6.45, 7) is 5.62. The maximum absolute atomic E-state index is 12.2. The van der Waals surface area contributed by atoms with Crippen LogP contribution >= 0.6 is 0 Å². The molecule has 2 aromatic carbocycles. The third kappa shape index (κ3) is 4.53. The fourth-order valence-corrected chi connectivity index (χ4v) is 3.14. The highest BCUT2D eigenvalue weighted by Crippen LogP contribution is 2.17. The van der Waals surface area contributed by atoms with Crippen molar-refractivity contribution in [2.45, 2.75) is 33.7 Å². The molecule has 3 rings (SSSR count). The Morgan fingerprint density at radius 2 is 1.81 bits per heavy atom. The number of aryl methyl sites for hydroxylation is 3. The molecule has 0 atom stereocenters. The number of fused-ring (bicyclic) bond motifs is 1. The van der Waals surface area contributed by atoms with E-state index in [0.29, 0.717) is 12.1 Å². The van der Waals surface area contributed by atoms with Crippen LogP contribution in [0.25, 0.3) is 11.0 Å². The number of nitrogens with one attached hydrogen (secondary N) is 1. The van der Waals surface area contributed by atoms with Gasteiger partial charge in [0, 0.05) is 12.1 Å². The monoisotopic (exact) mass is 365 g/mol. The summed E-state index contributed by atoms with van der Waals surface area (Å²) in [6.07, 6.45) is 0.704. The number of hydrogen-bond donors (Lipinski definition) is 1. The highest BCUT2D eigenvalue weighted by Gasteiger charge is 2.14. The number of hydrogen-bond acceptors (Lipinski definition) is 4. The number of amides is 1. The van der Waals surface area contributed by atoms with E-state index in [1.54, 1.807) is 0 Å². The Balaban J connectivity index is 1.61. The molecule has 6 heteroatoms. The second-order valence-corrected chi connectivity index (χ2v) is 6.54. The van der Waals surface area contributed by atoms with Crippen molar-refractivity contribution in [3.63, 3.8) is 0 Å². The molecule has 0 bridgehead atoms. The smallest absolute Gasteiger partial charge is 0.326 e. The predicted octanol–water partition coefficient (Wildman–Crippen LogP) is 3.40. The van der Waals surface area contributed by atoms with Gasteiger partial charge in [-0.25, -0.2) is 4.98 Å². The van der Waals surface area contributed by atoms with Crippen molar-refractivity contribution in [1.29, 1.82) is 0 Å². The third-order valence-electron chi connectivity index (χ3n) is 4.21. The molecule has 0 radical (unpaired) electrons. The van der Waals surface area contributed by atoms with E-state index in [0.717, 1.165) is 28.0 Å². The summed E-state index contributed by atoms with van der Waals surface area (Å²) < 4.78 is 6.99. The molecule has 27 heavy (non-hydrogen) atoms. The molecule has 0 saturated carbocycles. The zero-order valence-corrected chi connectivity index (χ0v) is 15.8. The van der Waals surface area contributed by atoms with Crippen LogP contribution in [0.15, 0.2) is 42.5 Å². The molecule has 1 N–H and O–H groups in total. The van der Waals surface area contributed by atoms with Crippen LogP contribution in [0.3, 0.4) is 0 Å². The van der Waals surface area contributed by atoms with Gasteiger partial charge >= 0.3 is 5.97 Å². The van der Waals surface area contributed by atoms with Crippen molar-refractivity contribution in [1.82, 2.24) is 9.55 Å². The van der Waals surface area contributed by atoms with Crippen LogP contribution in [0.1, 0.15) is 23.9 Å². The molecule has 0 aliphatic rings. The van der Waals surface area contributed by atoms with Crippen molar-refractivity contribution in [3.05, 3.63) is 59.4 Å². The van der Waals surface area contributed by atoms with Gasteiger partial charge in [0.05, 0.1) is 11.0 Å². The summed E-state index contributed by atoms with van der Waals surface area (Å²) in [5.74, 6) is -0.0178. The lowest BCUT2D eigenvalue weighted by atomic mass is 10.1. The molecule has 0 saturated heterocycles. The molecule has 6 nitrogen and oxygen atoms in total. The van der Waals surface area contributed by atoms with Crippen molar-refractivity contribution in [3.8, 4) is 0 Å². The Bertz CT molecular complexity index is 971. The van der Waals surface area contributed by atoms with Crippen molar-refractivity contribution < 1.29 is 14.3 Å². The molecular weight excluding hydrogens is 342 g/mol. The van der Waals surface area contributed by atoms with Crippen molar-refractivity contribution in [2.24, 2.45) is 0 Å². The summed E-state index contributed by atoms with van der Waals surface area (Å²) >= 11 is 0. The highest BCUT2D eigenvalue weighted by atomic mass is 16.5. The zero-order chi connectivity index (χ0) is 19.4. The minimum absolute atomic E-state index is 0.0283. The molecule has 0 fully saturated rings. The van der Waals surface area contributed by atoms with Gasteiger partial charge < -0.3 is 14.6 Å². The topological polar surface area (TPSA) is 73.2 Å². The van der Waals surface area contributed by atoms with E-state index < -0.39 is 5.97 Å². The van der Waals surface area contributed by atoms with Gasteiger partial charge in [-0.1, -0.05) is 25.1 Å². The number of nitrogens with zero attached hydrogens (tertiary/aromatic N) is 2. The number of esters is 1. The van der Waals surface area contributed by atoms with Crippen molar-refractivity contribution in [2.75, 3.05) is 11.9 Å². The Hall–Kier alpha value is -3.15. The summed E-state index contributed by atoms with van der Waals surface area (Å²) in [6, 6.07) is 13.4. The molecule has 0 aliphatic heterocycles. The molecule has 0 unspecified atom stereocenters. The number of anilines is 1. The van der Waals surface area contributed by atoms with Gasteiger partial charge in [-0.2, -0.15) is 0 Å². The summed E-state index contributed by atoms with van der Waals surface area (Å²) in [5.41, 5.74) is 4.53. The first-order valence-electron chi connectivity index (χ1n) is 8.94. The number of aromatic nitrogens is 2. The fourth-order valence-electron chi connectivity index (χ4n) is 3.14. The SMILES string of the molecule is CCc1nc2ccccc2n1CC(=O)OCC(=O)Nc1cc(C)cc(C)c1. The van der Waals surface area contributed by atoms with Gasteiger partial charge in [0.15, 0.2) is 6.61 Å². The maximum atomic E-state index is 12.2. The molecule has 0 aliphatic carbocycles. The van der Waals surface area contributed by atoms with Crippen LogP contribution in [-0.4, -0.2) is 28.0 Å². The average molecular weight is 365 g/mol. The minimum atomic E-state index is -0.469. The lowest BCUT2D eigenvalue weighted by molar-refractivity contribution is -0.147. The Labute approximate surface area is 158 Å². The van der Waals surface area contributed by atoms with Crippen LogP contribution in [0.5, 0.6) is 0 Å². The molecule has 1 aromatic heterocycles.